The number of hydrogen-bond donors (Lipinski definition) is 3. The van der Waals surface area contributed by atoms with Crippen LogP contribution in [0.1, 0.15) is 20.8 Å². The van der Waals surface area contributed by atoms with Gasteiger partial charge in [0.1, 0.15) is 0 Å². The second-order valence-corrected chi connectivity index (χ2v) is 8.24. The number of benzene rings is 2. The molecule has 6 heteroatoms. The molecule has 0 amide bonds. The van der Waals surface area contributed by atoms with Crippen LogP contribution in [0.2, 0.25) is 0 Å². The Morgan fingerprint density at radius 2 is 1.71 bits per heavy atom. The molecule has 0 aromatic heterocycles. The summed E-state index contributed by atoms with van der Waals surface area (Å²) in [5.74, 6) is 0.402. The van der Waals surface area contributed by atoms with Crippen LogP contribution in [0.25, 0.3) is 10.8 Å². The Morgan fingerprint density at radius 3 is 2.33 bits per heavy atom. The van der Waals surface area contributed by atoms with E-state index in [1.165, 1.54) is 0 Å². The van der Waals surface area contributed by atoms with E-state index in [1.807, 2.05) is 37.3 Å². The highest BCUT2D eigenvalue weighted by atomic mass is 32.2. The van der Waals surface area contributed by atoms with Crippen LogP contribution in [-0.4, -0.2) is 33.6 Å². The average molecular weight is 350 g/mol. The zero-order chi connectivity index (χ0) is 17.7. The van der Waals surface area contributed by atoms with E-state index in [4.69, 9.17) is 5.73 Å². The van der Waals surface area contributed by atoms with Crippen molar-refractivity contribution in [3.63, 3.8) is 0 Å². The lowest BCUT2D eigenvalue weighted by Gasteiger charge is -2.23. The highest BCUT2D eigenvalue weighted by Gasteiger charge is 2.19. The fraction of sp³-hybridized carbons (Fsp3) is 0.444. The Hall–Kier alpha value is -1.47. The summed E-state index contributed by atoms with van der Waals surface area (Å²) in [7, 11) is -3.55. The molecule has 2 aromatic carbocycles. The molecule has 4 N–H and O–H groups in total. The highest BCUT2D eigenvalue weighted by Crippen LogP contribution is 2.19. The molecule has 0 saturated heterocycles. The van der Waals surface area contributed by atoms with Gasteiger partial charge in [-0.1, -0.05) is 44.2 Å². The zero-order valence-corrected chi connectivity index (χ0v) is 15.3. The van der Waals surface area contributed by atoms with E-state index in [2.05, 4.69) is 23.9 Å². The van der Waals surface area contributed by atoms with E-state index in [0.29, 0.717) is 19.0 Å². The van der Waals surface area contributed by atoms with Crippen molar-refractivity contribution in [1.82, 2.24) is 10.0 Å². The summed E-state index contributed by atoms with van der Waals surface area (Å²) in [6.45, 7) is 7.09. The molecule has 0 spiro atoms. The van der Waals surface area contributed by atoms with Gasteiger partial charge in [-0.2, -0.15) is 0 Å². The van der Waals surface area contributed by atoms with Gasteiger partial charge in [-0.3, -0.25) is 0 Å². The van der Waals surface area contributed by atoms with Crippen LogP contribution in [0, 0.1) is 5.92 Å². The van der Waals surface area contributed by atoms with Crippen molar-refractivity contribution in [3.8, 4) is 0 Å². The minimum atomic E-state index is -3.55. The fourth-order valence-corrected chi connectivity index (χ4v) is 3.91. The van der Waals surface area contributed by atoms with Crippen LogP contribution in [0.5, 0.6) is 0 Å². The van der Waals surface area contributed by atoms with Crippen LogP contribution in [0.4, 0.5) is 0 Å². The van der Waals surface area contributed by atoms with Crippen LogP contribution in [0.15, 0.2) is 47.4 Å². The summed E-state index contributed by atoms with van der Waals surface area (Å²) in [6.07, 6.45) is 0. The Morgan fingerprint density at radius 1 is 1.04 bits per heavy atom. The van der Waals surface area contributed by atoms with Crippen molar-refractivity contribution in [2.24, 2.45) is 11.7 Å². The third kappa shape index (κ3) is 4.77. The van der Waals surface area contributed by atoms with Crippen molar-refractivity contribution in [2.75, 3.05) is 13.1 Å². The predicted molar refractivity (Wildman–Crippen MR) is 99.4 cm³/mol. The summed E-state index contributed by atoms with van der Waals surface area (Å²) in [6, 6.07) is 12.8. The third-order valence-electron chi connectivity index (χ3n) is 4.13. The number of nitrogens with one attached hydrogen (secondary N) is 2. The first-order valence-electron chi connectivity index (χ1n) is 8.28. The lowest BCUT2D eigenvalue weighted by Crippen LogP contribution is -2.47. The molecule has 0 unspecified atom stereocenters. The van der Waals surface area contributed by atoms with Crippen molar-refractivity contribution >= 4 is 20.8 Å². The Balaban J connectivity index is 2.06. The van der Waals surface area contributed by atoms with Crippen LogP contribution >= 0.6 is 0 Å². The summed E-state index contributed by atoms with van der Waals surface area (Å²) < 4.78 is 27.9. The minimum Gasteiger partial charge on any atom is -0.329 e. The predicted octanol–water partition coefficient (Wildman–Crippen LogP) is 2.08. The van der Waals surface area contributed by atoms with Gasteiger partial charge in [-0.25, -0.2) is 13.1 Å². The molecule has 0 heterocycles. The molecule has 24 heavy (non-hydrogen) atoms. The van der Waals surface area contributed by atoms with E-state index < -0.39 is 10.0 Å². The van der Waals surface area contributed by atoms with E-state index in [9.17, 15) is 8.42 Å². The van der Waals surface area contributed by atoms with E-state index in [-0.39, 0.29) is 17.0 Å². The van der Waals surface area contributed by atoms with E-state index >= 15 is 0 Å². The maximum atomic E-state index is 12.6. The minimum absolute atomic E-state index is 0.178. The second-order valence-electron chi connectivity index (χ2n) is 6.53. The van der Waals surface area contributed by atoms with Crippen LogP contribution in [0.3, 0.4) is 0 Å². The molecule has 132 valence electrons. The number of fused-ring (bicyclic) bond motifs is 1. The van der Waals surface area contributed by atoms with Crippen molar-refractivity contribution in [2.45, 2.75) is 37.8 Å². The molecule has 0 bridgehead atoms. The second kappa shape index (κ2) is 8.07. The van der Waals surface area contributed by atoms with Crippen molar-refractivity contribution in [1.29, 1.82) is 0 Å². The number of hydrogen-bond acceptors (Lipinski definition) is 4. The molecule has 0 saturated carbocycles. The Bertz CT molecular complexity index is 775. The molecule has 0 aliphatic rings. The SMILES string of the molecule is CC(C)[C@@H](CN)NC[C@@H](C)NS(=O)(=O)c1ccc2ccccc2c1. The van der Waals surface area contributed by atoms with Gasteiger partial charge in [0.05, 0.1) is 4.90 Å². The summed E-state index contributed by atoms with van der Waals surface area (Å²) in [5.41, 5.74) is 5.73. The normalized spacial score (nSPS) is 14.9. The standard InChI is InChI=1S/C18H27N3O2S/c1-13(2)18(11-19)20-12-14(3)21-24(22,23)17-9-8-15-6-4-5-7-16(15)10-17/h4-10,13-14,18,20-21H,11-12,19H2,1-3H3/t14-,18-/m1/s1. The third-order valence-corrected chi connectivity index (χ3v) is 5.72. The molecule has 2 atom stereocenters. The van der Waals surface area contributed by atoms with E-state index in [1.54, 1.807) is 12.1 Å². The first-order valence-corrected chi connectivity index (χ1v) is 9.76. The van der Waals surface area contributed by atoms with Gasteiger partial charge in [-0.05, 0) is 35.7 Å². The molecule has 0 radical (unpaired) electrons. The van der Waals surface area contributed by atoms with Gasteiger partial charge >= 0.3 is 0 Å². The van der Waals surface area contributed by atoms with Gasteiger partial charge in [0.25, 0.3) is 0 Å². The van der Waals surface area contributed by atoms with Gasteiger partial charge in [0.2, 0.25) is 10.0 Å². The highest BCUT2D eigenvalue weighted by molar-refractivity contribution is 7.89. The molecule has 5 nitrogen and oxygen atoms in total. The average Bonchev–Trinajstić information content (AvgIpc) is 2.54. The van der Waals surface area contributed by atoms with Crippen LogP contribution in [-0.2, 0) is 10.0 Å². The molecule has 2 aromatic rings. The molecule has 0 fully saturated rings. The van der Waals surface area contributed by atoms with Gasteiger partial charge in [-0.15, -0.1) is 0 Å². The maximum Gasteiger partial charge on any atom is 0.240 e. The van der Waals surface area contributed by atoms with E-state index in [0.717, 1.165) is 10.8 Å². The molecular formula is C18H27N3O2S. The van der Waals surface area contributed by atoms with Gasteiger partial charge in [0.15, 0.2) is 0 Å². The summed E-state index contributed by atoms with van der Waals surface area (Å²) in [5, 5.41) is 5.25. The first kappa shape index (κ1) is 18.9. The monoisotopic (exact) mass is 349 g/mol. The fourth-order valence-electron chi connectivity index (χ4n) is 2.63. The van der Waals surface area contributed by atoms with Crippen molar-refractivity contribution in [3.05, 3.63) is 42.5 Å². The largest absolute Gasteiger partial charge is 0.329 e. The topological polar surface area (TPSA) is 84.2 Å². The number of sulfonamides is 1. The molecular weight excluding hydrogens is 322 g/mol. The lowest BCUT2D eigenvalue weighted by molar-refractivity contribution is 0.391. The lowest BCUT2D eigenvalue weighted by atomic mass is 10.0. The van der Waals surface area contributed by atoms with Gasteiger partial charge < -0.3 is 11.1 Å². The number of nitrogens with two attached hydrogens (primary N) is 1. The summed E-state index contributed by atoms with van der Waals surface area (Å²) >= 11 is 0. The quantitative estimate of drug-likeness (QED) is 0.681. The molecule has 2 rings (SSSR count). The maximum absolute atomic E-state index is 12.6. The summed E-state index contributed by atoms with van der Waals surface area (Å²) in [4.78, 5) is 0.285. The first-order chi connectivity index (χ1) is 11.3. The van der Waals surface area contributed by atoms with Gasteiger partial charge in [0, 0.05) is 25.2 Å². The zero-order valence-electron chi connectivity index (χ0n) is 14.5. The molecule has 0 aliphatic heterocycles. The molecule has 0 aliphatic carbocycles. The van der Waals surface area contributed by atoms with Crippen molar-refractivity contribution < 1.29 is 8.42 Å². The number of rotatable bonds is 8. The van der Waals surface area contributed by atoms with Crippen LogP contribution < -0.4 is 15.8 Å². The Labute approximate surface area is 144 Å². The smallest absolute Gasteiger partial charge is 0.240 e. The Kier molecular flexibility index (Phi) is 6.34.